The summed E-state index contributed by atoms with van der Waals surface area (Å²) >= 11 is 3.51. The van der Waals surface area contributed by atoms with Crippen molar-refractivity contribution in [3.63, 3.8) is 0 Å². The third-order valence-electron chi connectivity index (χ3n) is 2.45. The summed E-state index contributed by atoms with van der Waals surface area (Å²) in [6.07, 6.45) is 4.72. The normalized spacial score (nSPS) is 10.3. The van der Waals surface area contributed by atoms with Crippen molar-refractivity contribution < 1.29 is 0 Å². The topological polar surface area (TPSA) is 12.9 Å². The molecule has 1 nitrogen and oxygen atoms in total. The van der Waals surface area contributed by atoms with Gasteiger partial charge in [0.25, 0.3) is 0 Å². The zero-order valence-corrected chi connectivity index (χ0v) is 10.2. The van der Waals surface area contributed by atoms with E-state index in [4.69, 9.17) is 0 Å². The lowest BCUT2D eigenvalue weighted by Gasteiger charge is -2.04. The Morgan fingerprint density at radius 1 is 1.13 bits per heavy atom. The largest absolute Gasteiger partial charge is 0.264 e. The number of pyridine rings is 1. The molecule has 15 heavy (non-hydrogen) atoms. The van der Waals surface area contributed by atoms with Gasteiger partial charge in [-0.1, -0.05) is 31.2 Å². The molecular formula is C13H12BrN. The van der Waals surface area contributed by atoms with Gasteiger partial charge in [-0.05, 0) is 45.1 Å². The molecule has 0 fully saturated rings. The van der Waals surface area contributed by atoms with Gasteiger partial charge in [0.15, 0.2) is 0 Å². The molecule has 0 radical (unpaired) electrons. The number of halogens is 1. The van der Waals surface area contributed by atoms with E-state index >= 15 is 0 Å². The number of aromatic nitrogens is 1. The van der Waals surface area contributed by atoms with Crippen molar-refractivity contribution in [3.8, 4) is 11.1 Å². The van der Waals surface area contributed by atoms with Crippen LogP contribution in [0.25, 0.3) is 11.1 Å². The van der Waals surface area contributed by atoms with E-state index < -0.39 is 0 Å². The predicted octanol–water partition coefficient (Wildman–Crippen LogP) is 4.07. The highest BCUT2D eigenvalue weighted by Crippen LogP contribution is 2.27. The smallest absolute Gasteiger partial charge is 0.0437 e. The van der Waals surface area contributed by atoms with E-state index in [2.05, 4.69) is 52.1 Å². The van der Waals surface area contributed by atoms with E-state index in [1.807, 2.05) is 18.5 Å². The SMILES string of the molecule is CCc1ccc(-c2ccncc2Br)cc1. The van der Waals surface area contributed by atoms with Gasteiger partial charge in [-0.25, -0.2) is 0 Å². The van der Waals surface area contributed by atoms with Crippen molar-refractivity contribution in [3.05, 3.63) is 52.8 Å². The molecular weight excluding hydrogens is 250 g/mol. The first-order valence-electron chi connectivity index (χ1n) is 5.00. The summed E-state index contributed by atoms with van der Waals surface area (Å²) in [5.41, 5.74) is 3.78. The summed E-state index contributed by atoms with van der Waals surface area (Å²) in [5, 5.41) is 0. The second-order valence-corrected chi connectivity index (χ2v) is 4.26. The van der Waals surface area contributed by atoms with Crippen LogP contribution in [0.1, 0.15) is 12.5 Å². The molecule has 1 heterocycles. The van der Waals surface area contributed by atoms with E-state index in [0.29, 0.717) is 0 Å². The summed E-state index contributed by atoms with van der Waals surface area (Å²) in [5.74, 6) is 0. The second kappa shape index (κ2) is 4.58. The Morgan fingerprint density at radius 3 is 2.47 bits per heavy atom. The molecule has 0 atom stereocenters. The van der Waals surface area contributed by atoms with Gasteiger partial charge in [0.1, 0.15) is 0 Å². The van der Waals surface area contributed by atoms with Crippen molar-refractivity contribution in [1.29, 1.82) is 0 Å². The first kappa shape index (κ1) is 10.4. The van der Waals surface area contributed by atoms with Crippen molar-refractivity contribution in [2.24, 2.45) is 0 Å². The van der Waals surface area contributed by atoms with Crippen molar-refractivity contribution in [2.45, 2.75) is 13.3 Å². The third kappa shape index (κ3) is 2.26. The minimum absolute atomic E-state index is 1.04. The Labute approximate surface area is 98.3 Å². The average molecular weight is 262 g/mol. The minimum Gasteiger partial charge on any atom is -0.264 e. The van der Waals surface area contributed by atoms with Crippen molar-refractivity contribution in [2.75, 3.05) is 0 Å². The standard InChI is InChI=1S/C13H12BrN/c1-2-10-3-5-11(6-4-10)12-7-8-15-9-13(12)14/h3-9H,2H2,1H3. The Balaban J connectivity index is 2.42. The molecule has 0 aliphatic rings. The lowest BCUT2D eigenvalue weighted by atomic mass is 10.0. The molecule has 0 amide bonds. The van der Waals surface area contributed by atoms with Gasteiger partial charge in [-0.15, -0.1) is 0 Å². The third-order valence-corrected chi connectivity index (χ3v) is 3.08. The summed E-state index contributed by atoms with van der Waals surface area (Å²) < 4.78 is 1.04. The molecule has 0 N–H and O–H groups in total. The van der Waals surface area contributed by atoms with Crippen LogP contribution in [-0.4, -0.2) is 4.98 Å². The van der Waals surface area contributed by atoms with Crippen LogP contribution in [0.5, 0.6) is 0 Å². The number of aryl methyl sites for hydroxylation is 1. The maximum absolute atomic E-state index is 4.06. The number of benzene rings is 1. The number of hydrogen-bond acceptors (Lipinski definition) is 1. The van der Waals surface area contributed by atoms with Crippen LogP contribution in [0.3, 0.4) is 0 Å². The van der Waals surface area contributed by atoms with Crippen LogP contribution in [-0.2, 0) is 6.42 Å². The molecule has 0 bridgehead atoms. The molecule has 2 rings (SSSR count). The first-order valence-corrected chi connectivity index (χ1v) is 5.79. The molecule has 2 heteroatoms. The maximum atomic E-state index is 4.06. The predicted molar refractivity (Wildman–Crippen MR) is 66.8 cm³/mol. The molecule has 1 aromatic heterocycles. The fourth-order valence-corrected chi connectivity index (χ4v) is 2.01. The van der Waals surface area contributed by atoms with E-state index in [1.54, 1.807) is 0 Å². The van der Waals surface area contributed by atoms with Gasteiger partial charge < -0.3 is 0 Å². The van der Waals surface area contributed by atoms with Gasteiger partial charge in [-0.3, -0.25) is 4.98 Å². The monoisotopic (exact) mass is 261 g/mol. The lowest BCUT2D eigenvalue weighted by molar-refractivity contribution is 1.14. The van der Waals surface area contributed by atoms with Gasteiger partial charge in [0.2, 0.25) is 0 Å². The van der Waals surface area contributed by atoms with E-state index in [9.17, 15) is 0 Å². The molecule has 0 saturated heterocycles. The fourth-order valence-electron chi connectivity index (χ4n) is 1.53. The maximum Gasteiger partial charge on any atom is 0.0437 e. The molecule has 76 valence electrons. The highest BCUT2D eigenvalue weighted by atomic mass is 79.9. The van der Waals surface area contributed by atoms with Gasteiger partial charge in [0.05, 0.1) is 0 Å². The van der Waals surface area contributed by atoms with Crippen LogP contribution in [0.4, 0.5) is 0 Å². The lowest BCUT2D eigenvalue weighted by Crippen LogP contribution is -1.83. The Kier molecular flexibility index (Phi) is 3.17. The van der Waals surface area contributed by atoms with Crippen LogP contribution in [0, 0.1) is 0 Å². The highest BCUT2D eigenvalue weighted by molar-refractivity contribution is 9.10. The van der Waals surface area contributed by atoms with Crippen LogP contribution >= 0.6 is 15.9 Å². The second-order valence-electron chi connectivity index (χ2n) is 3.41. The first-order chi connectivity index (χ1) is 7.31. The zero-order valence-electron chi connectivity index (χ0n) is 8.57. The molecule has 1 aromatic carbocycles. The highest BCUT2D eigenvalue weighted by Gasteiger charge is 2.01. The van der Waals surface area contributed by atoms with Crippen LogP contribution < -0.4 is 0 Å². The van der Waals surface area contributed by atoms with Crippen LogP contribution in [0.15, 0.2) is 47.2 Å². The van der Waals surface area contributed by atoms with Crippen molar-refractivity contribution >= 4 is 15.9 Å². The van der Waals surface area contributed by atoms with Crippen molar-refractivity contribution in [1.82, 2.24) is 4.98 Å². The number of hydrogen-bond donors (Lipinski definition) is 0. The number of nitrogens with zero attached hydrogens (tertiary/aromatic N) is 1. The minimum atomic E-state index is 1.04. The molecule has 2 aromatic rings. The molecule has 0 saturated carbocycles. The molecule has 0 spiro atoms. The van der Waals surface area contributed by atoms with Gasteiger partial charge >= 0.3 is 0 Å². The summed E-state index contributed by atoms with van der Waals surface area (Å²) in [6.45, 7) is 2.16. The summed E-state index contributed by atoms with van der Waals surface area (Å²) in [7, 11) is 0. The van der Waals surface area contributed by atoms with Gasteiger partial charge in [0, 0.05) is 16.9 Å². The molecule has 0 unspecified atom stereocenters. The Hall–Kier alpha value is -1.15. The summed E-state index contributed by atoms with van der Waals surface area (Å²) in [6, 6.07) is 10.7. The zero-order chi connectivity index (χ0) is 10.7. The number of rotatable bonds is 2. The Morgan fingerprint density at radius 2 is 1.87 bits per heavy atom. The van der Waals surface area contributed by atoms with E-state index in [-0.39, 0.29) is 0 Å². The molecule has 0 aliphatic heterocycles. The van der Waals surface area contributed by atoms with Crippen LogP contribution in [0.2, 0.25) is 0 Å². The van der Waals surface area contributed by atoms with E-state index in [0.717, 1.165) is 10.9 Å². The van der Waals surface area contributed by atoms with E-state index in [1.165, 1.54) is 16.7 Å². The quantitative estimate of drug-likeness (QED) is 0.794. The van der Waals surface area contributed by atoms with Gasteiger partial charge in [-0.2, -0.15) is 0 Å². The Bertz CT molecular complexity index is 448. The fraction of sp³-hybridized carbons (Fsp3) is 0.154. The molecule has 0 aliphatic carbocycles. The summed E-state index contributed by atoms with van der Waals surface area (Å²) in [4.78, 5) is 4.06. The average Bonchev–Trinajstić information content (AvgIpc) is 2.30.